The van der Waals surface area contributed by atoms with E-state index in [9.17, 15) is 4.79 Å². The first kappa shape index (κ1) is 17.0. The number of carbonyl (C=O) groups excluding carboxylic acids is 1. The number of aryl methyl sites for hydroxylation is 2. The molecule has 1 atom stereocenters. The average Bonchev–Trinajstić information content (AvgIpc) is 2.85. The Morgan fingerprint density at radius 1 is 1.45 bits per heavy atom. The molecule has 1 heterocycles. The Morgan fingerprint density at radius 3 is 2.95 bits per heavy atom. The SMILES string of the molecule is CNCC1CCCN1C(=O)CCc1cccc(C)c1.Cl. The quantitative estimate of drug-likeness (QED) is 0.906. The molecular formula is C16H25ClN2O. The summed E-state index contributed by atoms with van der Waals surface area (Å²) in [7, 11) is 1.95. The molecule has 1 fully saturated rings. The molecule has 1 saturated heterocycles. The molecule has 4 heteroatoms. The van der Waals surface area contributed by atoms with Crippen molar-refractivity contribution in [3.8, 4) is 0 Å². The third kappa shape index (κ3) is 4.50. The minimum absolute atomic E-state index is 0. The summed E-state index contributed by atoms with van der Waals surface area (Å²) in [6.45, 7) is 3.93. The lowest BCUT2D eigenvalue weighted by atomic mass is 10.1. The number of carbonyl (C=O) groups is 1. The first-order chi connectivity index (χ1) is 9.20. The molecule has 0 saturated carbocycles. The summed E-state index contributed by atoms with van der Waals surface area (Å²) in [5.41, 5.74) is 2.52. The highest BCUT2D eigenvalue weighted by Crippen LogP contribution is 2.18. The molecule has 1 aromatic carbocycles. The largest absolute Gasteiger partial charge is 0.338 e. The monoisotopic (exact) mass is 296 g/mol. The van der Waals surface area contributed by atoms with Gasteiger partial charge in [0.15, 0.2) is 0 Å². The summed E-state index contributed by atoms with van der Waals surface area (Å²) in [5, 5.41) is 3.18. The second kappa shape index (κ2) is 8.28. The number of amides is 1. The highest BCUT2D eigenvalue weighted by molar-refractivity contribution is 5.85. The zero-order valence-electron chi connectivity index (χ0n) is 12.4. The Kier molecular flexibility index (Phi) is 7.03. The van der Waals surface area contributed by atoms with Crippen LogP contribution < -0.4 is 5.32 Å². The summed E-state index contributed by atoms with van der Waals surface area (Å²) in [5.74, 6) is 0.305. The summed E-state index contributed by atoms with van der Waals surface area (Å²) in [4.78, 5) is 14.3. The maximum atomic E-state index is 12.3. The van der Waals surface area contributed by atoms with E-state index in [4.69, 9.17) is 0 Å². The van der Waals surface area contributed by atoms with Crippen LogP contribution in [0.1, 0.15) is 30.4 Å². The van der Waals surface area contributed by atoms with Gasteiger partial charge in [0.05, 0.1) is 0 Å². The lowest BCUT2D eigenvalue weighted by Crippen LogP contribution is -2.40. The topological polar surface area (TPSA) is 32.3 Å². The van der Waals surface area contributed by atoms with Gasteiger partial charge >= 0.3 is 0 Å². The zero-order chi connectivity index (χ0) is 13.7. The molecule has 1 aliphatic heterocycles. The smallest absolute Gasteiger partial charge is 0.223 e. The van der Waals surface area contributed by atoms with E-state index in [1.165, 1.54) is 11.1 Å². The number of hydrogen-bond donors (Lipinski definition) is 1. The van der Waals surface area contributed by atoms with E-state index in [0.29, 0.717) is 18.4 Å². The molecule has 1 amide bonds. The van der Waals surface area contributed by atoms with Crippen molar-refractivity contribution in [1.29, 1.82) is 0 Å². The molecule has 20 heavy (non-hydrogen) atoms. The van der Waals surface area contributed by atoms with Gasteiger partial charge in [0.1, 0.15) is 0 Å². The molecule has 1 unspecified atom stereocenters. The second-order valence-corrected chi connectivity index (χ2v) is 5.43. The van der Waals surface area contributed by atoms with Gasteiger partial charge in [-0.05, 0) is 38.8 Å². The van der Waals surface area contributed by atoms with Crippen LogP contribution in [-0.2, 0) is 11.2 Å². The predicted molar refractivity (Wildman–Crippen MR) is 85.4 cm³/mol. The minimum Gasteiger partial charge on any atom is -0.338 e. The van der Waals surface area contributed by atoms with Crippen molar-refractivity contribution in [2.24, 2.45) is 0 Å². The lowest BCUT2D eigenvalue weighted by molar-refractivity contribution is -0.131. The Morgan fingerprint density at radius 2 is 2.25 bits per heavy atom. The number of benzene rings is 1. The van der Waals surface area contributed by atoms with Gasteiger partial charge in [0.2, 0.25) is 5.91 Å². The van der Waals surface area contributed by atoms with E-state index in [0.717, 1.165) is 32.4 Å². The zero-order valence-corrected chi connectivity index (χ0v) is 13.2. The fourth-order valence-corrected chi connectivity index (χ4v) is 2.87. The number of hydrogen-bond acceptors (Lipinski definition) is 2. The van der Waals surface area contributed by atoms with E-state index >= 15 is 0 Å². The van der Waals surface area contributed by atoms with Crippen molar-refractivity contribution in [1.82, 2.24) is 10.2 Å². The molecule has 3 nitrogen and oxygen atoms in total. The summed E-state index contributed by atoms with van der Waals surface area (Å²) in [6, 6.07) is 8.83. The lowest BCUT2D eigenvalue weighted by Gasteiger charge is -2.24. The van der Waals surface area contributed by atoms with Crippen LogP contribution in [-0.4, -0.2) is 37.0 Å². The first-order valence-corrected chi connectivity index (χ1v) is 7.20. The van der Waals surface area contributed by atoms with Crippen LogP contribution in [0.15, 0.2) is 24.3 Å². The van der Waals surface area contributed by atoms with Crippen LogP contribution >= 0.6 is 12.4 Å². The van der Waals surface area contributed by atoms with Crippen molar-refractivity contribution >= 4 is 18.3 Å². The molecule has 112 valence electrons. The van der Waals surface area contributed by atoms with Gasteiger partial charge < -0.3 is 10.2 Å². The van der Waals surface area contributed by atoms with Gasteiger partial charge in [-0.3, -0.25) is 4.79 Å². The van der Waals surface area contributed by atoms with Crippen molar-refractivity contribution in [2.45, 2.75) is 38.6 Å². The number of likely N-dealkylation sites (tertiary alicyclic amines) is 1. The van der Waals surface area contributed by atoms with Gasteiger partial charge in [0.25, 0.3) is 0 Å². The van der Waals surface area contributed by atoms with E-state index in [1.807, 2.05) is 7.05 Å². The van der Waals surface area contributed by atoms with Crippen LogP contribution in [0.2, 0.25) is 0 Å². The standard InChI is InChI=1S/C16H24N2O.ClH/c1-13-5-3-6-14(11-13)8-9-16(19)18-10-4-7-15(18)12-17-2;/h3,5-6,11,15,17H,4,7-10,12H2,1-2H3;1H. The van der Waals surface area contributed by atoms with Crippen LogP contribution in [0, 0.1) is 6.92 Å². The molecule has 1 N–H and O–H groups in total. The third-order valence-corrected chi connectivity index (χ3v) is 3.85. The molecule has 0 bridgehead atoms. The highest BCUT2D eigenvalue weighted by Gasteiger charge is 2.27. The van der Waals surface area contributed by atoms with Gasteiger partial charge in [0, 0.05) is 25.6 Å². The van der Waals surface area contributed by atoms with Crippen LogP contribution in [0.4, 0.5) is 0 Å². The fraction of sp³-hybridized carbons (Fsp3) is 0.562. The van der Waals surface area contributed by atoms with Crippen LogP contribution in [0.5, 0.6) is 0 Å². The van der Waals surface area contributed by atoms with Crippen molar-refractivity contribution < 1.29 is 4.79 Å². The molecule has 2 rings (SSSR count). The van der Waals surface area contributed by atoms with Gasteiger partial charge in [-0.15, -0.1) is 12.4 Å². The maximum absolute atomic E-state index is 12.3. The number of nitrogens with zero attached hydrogens (tertiary/aromatic N) is 1. The van der Waals surface area contributed by atoms with E-state index in [1.54, 1.807) is 0 Å². The molecule has 1 aromatic rings. The minimum atomic E-state index is 0. The number of nitrogens with one attached hydrogen (secondary N) is 1. The van der Waals surface area contributed by atoms with E-state index in [2.05, 4.69) is 41.4 Å². The van der Waals surface area contributed by atoms with Gasteiger partial charge in [-0.2, -0.15) is 0 Å². The normalized spacial score (nSPS) is 17.9. The van der Waals surface area contributed by atoms with Crippen molar-refractivity contribution in [3.05, 3.63) is 35.4 Å². The van der Waals surface area contributed by atoms with Gasteiger partial charge in [-0.25, -0.2) is 0 Å². The second-order valence-electron chi connectivity index (χ2n) is 5.43. The molecule has 0 aliphatic carbocycles. The Hall–Kier alpha value is -1.06. The third-order valence-electron chi connectivity index (χ3n) is 3.85. The number of halogens is 1. The van der Waals surface area contributed by atoms with Crippen LogP contribution in [0.3, 0.4) is 0 Å². The van der Waals surface area contributed by atoms with Crippen molar-refractivity contribution in [3.63, 3.8) is 0 Å². The Bertz CT molecular complexity index is 436. The van der Waals surface area contributed by atoms with E-state index < -0.39 is 0 Å². The Balaban J connectivity index is 0.00000200. The highest BCUT2D eigenvalue weighted by atomic mass is 35.5. The molecule has 1 aliphatic rings. The average molecular weight is 297 g/mol. The van der Waals surface area contributed by atoms with Crippen LogP contribution in [0.25, 0.3) is 0 Å². The first-order valence-electron chi connectivity index (χ1n) is 7.20. The molecule has 0 aromatic heterocycles. The summed E-state index contributed by atoms with van der Waals surface area (Å²) < 4.78 is 0. The molecule has 0 radical (unpaired) electrons. The predicted octanol–water partition coefficient (Wildman–Crippen LogP) is 2.56. The summed E-state index contributed by atoms with van der Waals surface area (Å²) >= 11 is 0. The van der Waals surface area contributed by atoms with Gasteiger partial charge in [-0.1, -0.05) is 29.8 Å². The van der Waals surface area contributed by atoms with E-state index in [-0.39, 0.29) is 12.4 Å². The molecular weight excluding hydrogens is 272 g/mol. The number of rotatable bonds is 5. The maximum Gasteiger partial charge on any atom is 0.223 e. The fourth-order valence-electron chi connectivity index (χ4n) is 2.87. The number of likely N-dealkylation sites (N-methyl/N-ethyl adjacent to an activating group) is 1. The van der Waals surface area contributed by atoms with Crippen molar-refractivity contribution in [2.75, 3.05) is 20.1 Å². The summed E-state index contributed by atoms with van der Waals surface area (Å²) in [6.07, 6.45) is 3.76. The Labute approximate surface area is 128 Å². The molecule has 0 spiro atoms.